The zero-order chi connectivity index (χ0) is 41.9. The molecule has 16 nitrogen and oxygen atoms in total. The van der Waals surface area contributed by atoms with Crippen molar-refractivity contribution >= 4 is 47.2 Å². The van der Waals surface area contributed by atoms with Gasteiger partial charge in [-0.3, -0.25) is 33.6 Å². The largest absolute Gasteiger partial charge is 0.444 e. The quantitative estimate of drug-likeness (QED) is 0.136. The Balaban J connectivity index is 2.23. The molecule has 0 aromatic carbocycles. The van der Waals surface area contributed by atoms with Crippen LogP contribution < -0.4 is 27.0 Å². The Morgan fingerprint density at radius 2 is 1.44 bits per heavy atom. The summed E-state index contributed by atoms with van der Waals surface area (Å²) >= 11 is 0. The number of nitrogens with one attached hydrogen (secondary N) is 4. The average Bonchev–Trinajstić information content (AvgIpc) is 3.46. The van der Waals surface area contributed by atoms with E-state index >= 15 is 0 Å². The molecule has 1 aliphatic heterocycles. The number of nitrogens with two attached hydrogens (primary N) is 1. The molecule has 16 heteroatoms. The fraction of sp³-hybridized carbons (Fsp3) is 0.795. The van der Waals surface area contributed by atoms with Crippen molar-refractivity contribution in [2.24, 2.45) is 17.1 Å². The van der Waals surface area contributed by atoms with E-state index in [9.17, 15) is 38.4 Å². The molecule has 0 bridgehead atoms. The number of ketones is 2. The van der Waals surface area contributed by atoms with Gasteiger partial charge in [-0.1, -0.05) is 53.4 Å². The van der Waals surface area contributed by atoms with Gasteiger partial charge in [0.1, 0.15) is 29.5 Å². The Bertz CT molecular complexity index is 1410. The van der Waals surface area contributed by atoms with Crippen molar-refractivity contribution in [2.75, 3.05) is 13.1 Å². The SMILES string of the molecule is CCCC(NC(=O)[C@@H]1C[C@@H](OC(C)(C)C)CN1C(=O)[C@@H](NC(=O)OC(C)(C)C)C1CCCCC1)C(=O)C(=O)NCC(=O)N[C@@H](CC(=O)CC(C)(C)C)C(N)=O. The maximum atomic E-state index is 14.4. The number of rotatable bonds is 17. The third-order valence-electron chi connectivity index (χ3n) is 9.11. The minimum absolute atomic E-state index is 0.0590. The van der Waals surface area contributed by atoms with Crippen molar-refractivity contribution in [1.82, 2.24) is 26.2 Å². The highest BCUT2D eigenvalue weighted by atomic mass is 16.6. The number of hydrogen-bond donors (Lipinski definition) is 5. The Kier molecular flexibility index (Phi) is 17.3. The minimum atomic E-state index is -1.30. The summed E-state index contributed by atoms with van der Waals surface area (Å²) in [6.07, 6.45) is 3.34. The van der Waals surface area contributed by atoms with E-state index in [1.54, 1.807) is 27.7 Å². The van der Waals surface area contributed by atoms with E-state index in [4.69, 9.17) is 15.2 Å². The van der Waals surface area contributed by atoms with E-state index in [1.165, 1.54) is 4.90 Å². The second-order valence-electron chi connectivity index (χ2n) is 18.0. The molecule has 1 aliphatic carbocycles. The van der Waals surface area contributed by atoms with E-state index in [-0.39, 0.29) is 49.3 Å². The topological polar surface area (TPSA) is 232 Å². The molecular formula is C39H66N6O10. The summed E-state index contributed by atoms with van der Waals surface area (Å²) in [6, 6.07) is -4.64. The predicted molar refractivity (Wildman–Crippen MR) is 204 cm³/mol. The van der Waals surface area contributed by atoms with Crippen LogP contribution in [-0.4, -0.2) is 107 Å². The predicted octanol–water partition coefficient (Wildman–Crippen LogP) is 2.58. The normalized spacial score (nSPS) is 19.7. The second-order valence-corrected chi connectivity index (χ2v) is 18.0. The van der Waals surface area contributed by atoms with Crippen molar-refractivity contribution in [1.29, 1.82) is 0 Å². The van der Waals surface area contributed by atoms with Crippen molar-refractivity contribution in [3.05, 3.63) is 0 Å². The van der Waals surface area contributed by atoms with Gasteiger partial charge in [0.2, 0.25) is 29.4 Å². The van der Waals surface area contributed by atoms with Crippen LogP contribution in [0, 0.1) is 11.3 Å². The molecule has 0 spiro atoms. The summed E-state index contributed by atoms with van der Waals surface area (Å²) in [5.41, 5.74) is 3.64. The minimum Gasteiger partial charge on any atom is -0.444 e. The van der Waals surface area contributed by atoms with Crippen LogP contribution in [0.15, 0.2) is 0 Å². The molecule has 0 aromatic heterocycles. The van der Waals surface area contributed by atoms with E-state index in [2.05, 4.69) is 21.3 Å². The van der Waals surface area contributed by atoms with Crippen molar-refractivity contribution in [3.8, 4) is 0 Å². The van der Waals surface area contributed by atoms with Gasteiger partial charge in [0.05, 0.1) is 24.3 Å². The van der Waals surface area contributed by atoms with Crippen LogP contribution in [0.3, 0.4) is 0 Å². The molecule has 2 aliphatic rings. The van der Waals surface area contributed by atoms with Crippen LogP contribution in [-0.2, 0) is 43.0 Å². The van der Waals surface area contributed by atoms with Crippen molar-refractivity contribution in [3.63, 3.8) is 0 Å². The molecule has 2 rings (SSSR count). The molecule has 2 fully saturated rings. The van der Waals surface area contributed by atoms with Crippen LogP contribution in [0.25, 0.3) is 0 Å². The number of alkyl carbamates (subject to hydrolysis) is 1. The molecule has 5 atom stereocenters. The smallest absolute Gasteiger partial charge is 0.408 e. The number of primary amides is 1. The van der Waals surface area contributed by atoms with Gasteiger partial charge in [-0.2, -0.15) is 0 Å². The summed E-state index contributed by atoms with van der Waals surface area (Å²) in [6.45, 7) is 17.4. The molecule has 0 radical (unpaired) electrons. The highest BCUT2D eigenvalue weighted by Crippen LogP contribution is 2.31. The van der Waals surface area contributed by atoms with Gasteiger partial charge in [0.25, 0.3) is 5.91 Å². The van der Waals surface area contributed by atoms with E-state index < -0.39 is 89.4 Å². The number of carbonyl (C=O) groups is 8. The lowest BCUT2D eigenvalue weighted by Crippen LogP contribution is -2.58. The highest BCUT2D eigenvalue weighted by Gasteiger charge is 2.46. The average molecular weight is 779 g/mol. The fourth-order valence-corrected chi connectivity index (χ4v) is 6.93. The molecule has 6 amide bonds. The lowest BCUT2D eigenvalue weighted by Gasteiger charge is -2.35. The second kappa shape index (κ2) is 20.2. The number of hydrogen-bond acceptors (Lipinski definition) is 10. The van der Waals surface area contributed by atoms with Gasteiger partial charge in [0, 0.05) is 25.8 Å². The monoisotopic (exact) mass is 778 g/mol. The number of nitrogens with zero attached hydrogens (tertiary/aromatic N) is 1. The van der Waals surface area contributed by atoms with Gasteiger partial charge in [-0.05, 0) is 72.1 Å². The Hall–Kier alpha value is -4.08. The number of amides is 6. The lowest BCUT2D eigenvalue weighted by atomic mass is 9.83. The zero-order valence-electron chi connectivity index (χ0n) is 34.6. The summed E-state index contributed by atoms with van der Waals surface area (Å²) in [4.78, 5) is 106. The van der Waals surface area contributed by atoms with Gasteiger partial charge in [0.15, 0.2) is 0 Å². The highest BCUT2D eigenvalue weighted by molar-refractivity contribution is 6.38. The number of Topliss-reactive ketones (excluding diaryl/α,β-unsaturated/α-hetero) is 2. The first-order chi connectivity index (χ1) is 25.3. The summed E-state index contributed by atoms with van der Waals surface area (Å²) in [5, 5.41) is 10.0. The summed E-state index contributed by atoms with van der Waals surface area (Å²) in [5.74, 6) is -5.54. The zero-order valence-corrected chi connectivity index (χ0v) is 34.6. The van der Waals surface area contributed by atoms with Crippen LogP contribution in [0.5, 0.6) is 0 Å². The molecule has 1 heterocycles. The molecule has 6 N–H and O–H groups in total. The molecule has 1 saturated carbocycles. The Labute approximate surface area is 325 Å². The van der Waals surface area contributed by atoms with Gasteiger partial charge in [-0.25, -0.2) is 4.79 Å². The molecule has 1 unspecified atom stereocenters. The van der Waals surface area contributed by atoms with Gasteiger partial charge >= 0.3 is 6.09 Å². The molecule has 0 aromatic rings. The first-order valence-corrected chi connectivity index (χ1v) is 19.5. The number of ether oxygens (including phenoxy) is 2. The fourth-order valence-electron chi connectivity index (χ4n) is 6.93. The van der Waals surface area contributed by atoms with Crippen LogP contribution in [0.2, 0.25) is 0 Å². The standard InChI is InChI=1S/C39H66N6O10/c1-11-15-26(31(48)34(51)41-21-29(47)42-27(32(40)49)18-24(46)20-37(2,3)4)43-33(50)28-19-25(54-38(5,6)7)22-45(28)35(52)30(23-16-13-12-14-17-23)44-36(53)55-39(8,9)10/h23,25-28,30H,11-22H2,1-10H3,(H2,40,49)(H,41,51)(H,42,47)(H,43,50)(H,44,53)/t25-,26?,27+,28+,30+/m1/s1. The van der Waals surface area contributed by atoms with Gasteiger partial charge in [-0.15, -0.1) is 0 Å². The molecule has 55 heavy (non-hydrogen) atoms. The summed E-state index contributed by atoms with van der Waals surface area (Å²) < 4.78 is 11.7. The maximum Gasteiger partial charge on any atom is 0.408 e. The van der Waals surface area contributed by atoms with Crippen LogP contribution >= 0.6 is 0 Å². The van der Waals surface area contributed by atoms with E-state index in [0.29, 0.717) is 19.3 Å². The Morgan fingerprint density at radius 1 is 0.818 bits per heavy atom. The first kappa shape index (κ1) is 47.1. The summed E-state index contributed by atoms with van der Waals surface area (Å²) in [7, 11) is 0. The first-order valence-electron chi connectivity index (χ1n) is 19.5. The van der Waals surface area contributed by atoms with Crippen LogP contribution in [0.1, 0.15) is 133 Å². The maximum absolute atomic E-state index is 14.4. The van der Waals surface area contributed by atoms with E-state index in [0.717, 1.165) is 19.3 Å². The molecule has 312 valence electrons. The number of carbonyl (C=O) groups excluding carboxylic acids is 8. The van der Waals surface area contributed by atoms with Crippen LogP contribution in [0.4, 0.5) is 4.79 Å². The Morgan fingerprint density at radius 3 is 1.96 bits per heavy atom. The van der Waals surface area contributed by atoms with Crippen molar-refractivity contribution < 1.29 is 47.8 Å². The molecular weight excluding hydrogens is 712 g/mol. The molecule has 1 saturated heterocycles. The van der Waals surface area contributed by atoms with E-state index in [1.807, 2.05) is 41.5 Å². The third-order valence-corrected chi connectivity index (χ3v) is 9.11. The number of likely N-dealkylation sites (tertiary alicyclic amines) is 1. The lowest BCUT2D eigenvalue weighted by molar-refractivity contribution is -0.143. The van der Waals surface area contributed by atoms with Crippen molar-refractivity contribution in [2.45, 2.75) is 175 Å². The third kappa shape index (κ3) is 16.7. The van der Waals surface area contributed by atoms with Gasteiger partial charge < -0.3 is 41.4 Å².